The second kappa shape index (κ2) is 14.1. The summed E-state index contributed by atoms with van der Waals surface area (Å²) in [7, 11) is -0.0505. The van der Waals surface area contributed by atoms with Gasteiger partial charge in [0.25, 0.3) is 0 Å². The molecule has 0 aromatic heterocycles. The Morgan fingerprint density at radius 2 is 0.938 bits per heavy atom. The van der Waals surface area contributed by atoms with Crippen molar-refractivity contribution in [3.63, 3.8) is 0 Å². The van der Waals surface area contributed by atoms with Gasteiger partial charge in [0, 0.05) is 6.16 Å². The fraction of sp³-hybridized carbons (Fsp3) is 0.0435. The van der Waals surface area contributed by atoms with Crippen molar-refractivity contribution in [2.24, 2.45) is 0 Å². The molecule has 0 radical (unpaired) electrons. The van der Waals surface area contributed by atoms with Crippen molar-refractivity contribution in [1.82, 2.24) is 0 Å². The Kier molecular flexibility index (Phi) is 8.95. The molecule has 8 aromatic rings. The van der Waals surface area contributed by atoms with Gasteiger partial charge < -0.3 is 0 Å². The van der Waals surface area contributed by atoms with Crippen LogP contribution in [0.15, 0.2) is 188 Å². The van der Waals surface area contributed by atoms with E-state index in [-0.39, 0.29) is 0 Å². The number of hydrogen-bond donors (Lipinski definition) is 0. The molecule has 0 aliphatic carbocycles. The molecule has 2 heteroatoms. The van der Waals surface area contributed by atoms with Gasteiger partial charge in [-0.3, -0.25) is 0 Å². The van der Waals surface area contributed by atoms with Crippen molar-refractivity contribution in [2.45, 2.75) is 12.3 Å². The Balaban J connectivity index is 1.40. The molecule has 0 spiro atoms. The first-order valence-corrected chi connectivity index (χ1v) is 19.3. The third kappa shape index (κ3) is 6.23. The molecule has 0 heterocycles. The Labute approximate surface area is 286 Å². The van der Waals surface area contributed by atoms with Gasteiger partial charge in [-0.1, -0.05) is 197 Å². The fourth-order valence-electron chi connectivity index (χ4n) is 6.87. The summed E-state index contributed by atoms with van der Waals surface area (Å²) in [6, 6.07) is 69.6. The van der Waals surface area contributed by atoms with Gasteiger partial charge in [-0.25, -0.2) is 0 Å². The molecule has 0 saturated carbocycles. The summed E-state index contributed by atoms with van der Waals surface area (Å²) in [4.78, 5) is 0. The average Bonchev–Trinajstić information content (AvgIpc) is 3.17. The topological polar surface area (TPSA) is 0 Å². The second-order valence-electron chi connectivity index (χ2n) is 12.2. The summed E-state index contributed by atoms with van der Waals surface area (Å²) in [6.07, 6.45) is 2.03. The van der Waals surface area contributed by atoms with Crippen molar-refractivity contribution in [1.29, 1.82) is 0 Å². The summed E-state index contributed by atoms with van der Waals surface area (Å²) in [5, 5.41) is 9.41. The zero-order valence-electron chi connectivity index (χ0n) is 26.8. The fourth-order valence-corrected chi connectivity index (χ4v) is 10.6. The molecule has 0 amide bonds. The Morgan fingerprint density at radius 1 is 0.396 bits per heavy atom. The molecule has 0 aliphatic heterocycles. The van der Waals surface area contributed by atoms with Crippen molar-refractivity contribution in [3.05, 3.63) is 199 Å². The van der Waals surface area contributed by atoms with Gasteiger partial charge in [0.05, 0.1) is 0 Å². The summed E-state index contributed by atoms with van der Waals surface area (Å²) in [5.41, 5.74) is 8.11. The lowest BCUT2D eigenvalue weighted by Gasteiger charge is -2.26. The van der Waals surface area contributed by atoms with Crippen molar-refractivity contribution >= 4 is 54.0 Å². The highest BCUT2D eigenvalue weighted by Crippen LogP contribution is 2.47. The van der Waals surface area contributed by atoms with E-state index in [2.05, 4.69) is 188 Å². The average molecular weight is 651 g/mol. The van der Waals surface area contributed by atoms with Crippen LogP contribution in [0.2, 0.25) is 0 Å². The Hall–Kier alpha value is -4.86. The maximum absolute atomic E-state index is 2.44. The van der Waals surface area contributed by atoms with E-state index in [1.165, 1.54) is 70.8 Å². The van der Waals surface area contributed by atoms with Gasteiger partial charge in [0.2, 0.25) is 0 Å². The lowest BCUT2D eigenvalue weighted by Crippen LogP contribution is -2.16. The van der Waals surface area contributed by atoms with E-state index in [4.69, 9.17) is 0 Å². The molecule has 8 rings (SSSR count). The van der Waals surface area contributed by atoms with Gasteiger partial charge in [0.15, 0.2) is 0 Å². The van der Waals surface area contributed by atoms with Crippen LogP contribution in [-0.2, 0) is 12.3 Å². The molecule has 8 aromatic carbocycles. The molecule has 0 fully saturated rings. The summed E-state index contributed by atoms with van der Waals surface area (Å²) in [6.45, 7) is 0. The second-order valence-corrected chi connectivity index (χ2v) is 15.6. The first-order chi connectivity index (χ1) is 23.8. The van der Waals surface area contributed by atoms with Crippen LogP contribution in [0.5, 0.6) is 0 Å². The Morgan fingerprint density at radius 3 is 1.65 bits per heavy atom. The Bertz CT molecular complexity index is 2310. The maximum Gasteiger partial charge on any atom is 0.000765 e. The summed E-state index contributed by atoms with van der Waals surface area (Å²) >= 11 is 0. The minimum absolute atomic E-state index is 0.674. The van der Waals surface area contributed by atoms with Crippen LogP contribution in [0.1, 0.15) is 11.1 Å². The number of benzene rings is 8. The van der Waals surface area contributed by atoms with Crippen LogP contribution in [-0.4, -0.2) is 0 Å². The van der Waals surface area contributed by atoms with Crippen molar-refractivity contribution in [2.75, 3.05) is 0 Å². The minimum Gasteiger partial charge on any atom is -0.0852 e. The van der Waals surface area contributed by atoms with Gasteiger partial charge in [0.1, 0.15) is 0 Å². The largest absolute Gasteiger partial charge is 0.0852 e. The van der Waals surface area contributed by atoms with Crippen LogP contribution in [0, 0.1) is 0 Å². The highest BCUT2D eigenvalue weighted by atomic mass is 31.1. The van der Waals surface area contributed by atoms with E-state index in [9.17, 15) is 0 Å². The lowest BCUT2D eigenvalue weighted by molar-refractivity contribution is 1.40. The van der Waals surface area contributed by atoms with E-state index in [1.807, 2.05) is 0 Å². The van der Waals surface area contributed by atoms with Gasteiger partial charge in [-0.15, -0.1) is 0 Å². The number of hydrogen-bond acceptors (Lipinski definition) is 0. The highest BCUT2D eigenvalue weighted by Gasteiger charge is 2.24. The van der Waals surface area contributed by atoms with E-state index in [0.717, 1.165) is 12.3 Å². The molecule has 0 aliphatic rings. The van der Waals surface area contributed by atoms with E-state index in [0.29, 0.717) is 8.58 Å². The molecular formula is C46H36P2. The predicted octanol–water partition coefficient (Wildman–Crippen LogP) is 11.5. The van der Waals surface area contributed by atoms with Crippen LogP contribution >= 0.6 is 16.5 Å². The van der Waals surface area contributed by atoms with Crippen molar-refractivity contribution in [3.8, 4) is 22.3 Å². The number of fused-ring (bicyclic) bond motifs is 2. The third-order valence-corrected chi connectivity index (χ3v) is 13.1. The van der Waals surface area contributed by atoms with Gasteiger partial charge in [-0.05, 0) is 84.9 Å². The van der Waals surface area contributed by atoms with E-state index < -0.39 is 7.92 Å². The van der Waals surface area contributed by atoms with E-state index >= 15 is 0 Å². The summed E-state index contributed by atoms with van der Waals surface area (Å²) in [5.74, 6) is 0. The zero-order valence-corrected chi connectivity index (χ0v) is 28.7. The van der Waals surface area contributed by atoms with Gasteiger partial charge >= 0.3 is 0 Å². The molecule has 0 bridgehead atoms. The van der Waals surface area contributed by atoms with E-state index in [1.54, 1.807) is 0 Å². The first kappa shape index (κ1) is 30.5. The molecule has 2 unspecified atom stereocenters. The van der Waals surface area contributed by atoms with Crippen LogP contribution < -0.4 is 15.9 Å². The van der Waals surface area contributed by atoms with Crippen LogP contribution in [0.25, 0.3) is 43.8 Å². The smallest absolute Gasteiger partial charge is 0.000765 e. The number of rotatable bonds is 9. The molecule has 2 atom stereocenters. The van der Waals surface area contributed by atoms with Gasteiger partial charge in [-0.2, -0.15) is 0 Å². The molecule has 230 valence electrons. The standard InChI is InChI=1S/C46H36P2/c1-4-16-34(17-5-1)32-47-43-27-15-14-26-41(43)42-30-28-36-20-10-12-24-39(36)45(42)46-40-25-13-11-21-37(40)29-31-44(46)48(38-22-8-3-9-23-38)33-35-18-6-2-7-19-35/h1-31,47H,32-33H2. The molecule has 0 N–H and O–H groups in total. The van der Waals surface area contributed by atoms with Crippen LogP contribution in [0.3, 0.4) is 0 Å². The van der Waals surface area contributed by atoms with Crippen LogP contribution in [0.4, 0.5) is 0 Å². The van der Waals surface area contributed by atoms with Crippen molar-refractivity contribution < 1.29 is 0 Å². The SMILES string of the molecule is c1ccc(CPc2ccccc2-c2ccc3ccccc3c2-c2c(P(Cc3ccccc3)c3ccccc3)ccc3ccccc23)cc1. The lowest BCUT2D eigenvalue weighted by atomic mass is 9.87. The quantitative estimate of drug-likeness (QED) is 0.136. The molecule has 0 nitrogen and oxygen atoms in total. The normalized spacial score (nSPS) is 12.2. The monoisotopic (exact) mass is 650 g/mol. The maximum atomic E-state index is 2.44. The summed E-state index contributed by atoms with van der Waals surface area (Å²) < 4.78 is 0. The zero-order chi connectivity index (χ0) is 32.1. The molecular weight excluding hydrogens is 614 g/mol. The highest BCUT2D eigenvalue weighted by molar-refractivity contribution is 7.72. The minimum atomic E-state index is -0.724. The molecule has 48 heavy (non-hydrogen) atoms. The molecule has 0 saturated heterocycles. The predicted molar refractivity (Wildman–Crippen MR) is 213 cm³/mol. The third-order valence-electron chi connectivity index (χ3n) is 9.17. The first-order valence-electron chi connectivity index (χ1n) is 16.6.